The van der Waals surface area contributed by atoms with E-state index in [1.54, 1.807) is 31.4 Å². The zero-order chi connectivity index (χ0) is 23.8. The minimum Gasteiger partial charge on any atom is -0.497 e. The first-order valence-electron chi connectivity index (χ1n) is 10.5. The van der Waals surface area contributed by atoms with E-state index in [0.29, 0.717) is 23.6 Å². The lowest BCUT2D eigenvalue weighted by atomic mass is 10.0. The molecule has 0 radical (unpaired) electrons. The molecule has 174 valence electrons. The van der Waals surface area contributed by atoms with Gasteiger partial charge in [0.2, 0.25) is 15.9 Å². The fraction of sp³-hybridized carbons (Fsp3) is 0.240. The summed E-state index contributed by atoms with van der Waals surface area (Å²) in [6, 6.07) is 23.0. The predicted molar refractivity (Wildman–Crippen MR) is 129 cm³/mol. The molecule has 7 nitrogen and oxygen atoms in total. The Morgan fingerprint density at radius 3 is 2.03 bits per heavy atom. The van der Waals surface area contributed by atoms with Crippen molar-refractivity contribution in [2.45, 2.75) is 19.4 Å². The molecule has 1 amide bonds. The average Bonchev–Trinajstić information content (AvgIpc) is 2.82. The largest absolute Gasteiger partial charge is 0.497 e. The van der Waals surface area contributed by atoms with Gasteiger partial charge in [0.05, 0.1) is 25.1 Å². The standard InChI is InChI=1S/C25H28N2O5S/c1-4-24(19-10-14-21(31-2)15-11-19)26-25(28)18-27(33(3,29)30)20-12-16-23(17-13-20)32-22-8-6-5-7-9-22/h5-17,24H,4,18H2,1-3H3,(H,26,28)/t24-/m0/s1. The molecular weight excluding hydrogens is 440 g/mol. The van der Waals surface area contributed by atoms with Crippen LogP contribution in [-0.2, 0) is 14.8 Å². The van der Waals surface area contributed by atoms with Crippen LogP contribution in [0.25, 0.3) is 0 Å². The Hall–Kier alpha value is -3.52. The molecule has 3 rings (SSSR count). The summed E-state index contributed by atoms with van der Waals surface area (Å²) in [5.74, 6) is 1.57. The van der Waals surface area contributed by atoms with Gasteiger partial charge in [0.1, 0.15) is 23.8 Å². The van der Waals surface area contributed by atoms with Gasteiger partial charge in [-0.2, -0.15) is 0 Å². The highest BCUT2D eigenvalue weighted by atomic mass is 32.2. The fourth-order valence-electron chi connectivity index (χ4n) is 3.33. The third-order valence-electron chi connectivity index (χ3n) is 5.05. The molecule has 0 saturated carbocycles. The van der Waals surface area contributed by atoms with Gasteiger partial charge in [0.15, 0.2) is 0 Å². The minimum atomic E-state index is -3.69. The second kappa shape index (κ2) is 10.9. The first-order chi connectivity index (χ1) is 15.8. The monoisotopic (exact) mass is 468 g/mol. The number of ether oxygens (including phenoxy) is 2. The minimum absolute atomic E-state index is 0.244. The molecule has 1 atom stereocenters. The highest BCUT2D eigenvalue weighted by molar-refractivity contribution is 7.92. The third-order valence-corrected chi connectivity index (χ3v) is 6.19. The van der Waals surface area contributed by atoms with E-state index >= 15 is 0 Å². The summed E-state index contributed by atoms with van der Waals surface area (Å²) in [7, 11) is -2.09. The van der Waals surface area contributed by atoms with Crippen molar-refractivity contribution in [1.29, 1.82) is 0 Å². The maximum absolute atomic E-state index is 12.8. The van der Waals surface area contributed by atoms with Gasteiger partial charge in [0.25, 0.3) is 0 Å². The maximum Gasteiger partial charge on any atom is 0.241 e. The highest BCUT2D eigenvalue weighted by Gasteiger charge is 2.22. The van der Waals surface area contributed by atoms with Gasteiger partial charge in [-0.15, -0.1) is 0 Å². The Labute approximate surface area is 195 Å². The van der Waals surface area contributed by atoms with Gasteiger partial charge in [0, 0.05) is 0 Å². The van der Waals surface area contributed by atoms with Crippen molar-refractivity contribution >= 4 is 21.6 Å². The lowest BCUT2D eigenvalue weighted by molar-refractivity contribution is -0.120. The quantitative estimate of drug-likeness (QED) is 0.473. The van der Waals surface area contributed by atoms with E-state index in [1.807, 2.05) is 61.5 Å². The number of amides is 1. The number of anilines is 1. The Balaban J connectivity index is 1.71. The molecule has 1 N–H and O–H groups in total. The first-order valence-corrected chi connectivity index (χ1v) is 12.4. The highest BCUT2D eigenvalue weighted by Crippen LogP contribution is 2.26. The number of benzene rings is 3. The second-order valence-electron chi connectivity index (χ2n) is 7.48. The van der Waals surface area contributed by atoms with Crippen LogP contribution in [0.1, 0.15) is 24.9 Å². The number of sulfonamides is 1. The van der Waals surface area contributed by atoms with Crippen molar-refractivity contribution < 1.29 is 22.7 Å². The van der Waals surface area contributed by atoms with E-state index in [4.69, 9.17) is 9.47 Å². The number of methoxy groups -OCH3 is 1. The van der Waals surface area contributed by atoms with Crippen LogP contribution < -0.4 is 19.1 Å². The maximum atomic E-state index is 12.8. The van der Waals surface area contributed by atoms with Crippen molar-refractivity contribution in [3.05, 3.63) is 84.4 Å². The second-order valence-corrected chi connectivity index (χ2v) is 9.39. The van der Waals surface area contributed by atoms with Crippen molar-refractivity contribution in [1.82, 2.24) is 5.32 Å². The van der Waals surface area contributed by atoms with E-state index in [1.165, 1.54) is 0 Å². The Morgan fingerprint density at radius 1 is 0.909 bits per heavy atom. The van der Waals surface area contributed by atoms with Gasteiger partial charge < -0.3 is 14.8 Å². The van der Waals surface area contributed by atoms with Crippen LogP contribution in [0.3, 0.4) is 0 Å². The van der Waals surface area contributed by atoms with Crippen molar-refractivity contribution in [2.24, 2.45) is 0 Å². The number of carbonyl (C=O) groups excluding carboxylic acids is 1. The molecule has 0 spiro atoms. The van der Waals surface area contributed by atoms with Crippen LogP contribution in [0.2, 0.25) is 0 Å². The summed E-state index contributed by atoms with van der Waals surface area (Å²) in [5, 5.41) is 2.93. The van der Waals surface area contributed by atoms with Gasteiger partial charge >= 0.3 is 0 Å². The zero-order valence-electron chi connectivity index (χ0n) is 18.9. The number of hydrogen-bond acceptors (Lipinski definition) is 5. The average molecular weight is 469 g/mol. The lowest BCUT2D eigenvalue weighted by Crippen LogP contribution is -2.41. The Bertz CT molecular complexity index is 1150. The van der Waals surface area contributed by atoms with Gasteiger partial charge in [-0.25, -0.2) is 8.42 Å². The van der Waals surface area contributed by atoms with E-state index in [0.717, 1.165) is 21.9 Å². The van der Waals surface area contributed by atoms with E-state index < -0.39 is 15.9 Å². The number of carbonyl (C=O) groups is 1. The summed E-state index contributed by atoms with van der Waals surface area (Å²) in [6.45, 7) is 1.62. The first kappa shape index (κ1) is 24.1. The number of nitrogens with zero attached hydrogens (tertiary/aromatic N) is 1. The molecule has 0 bridgehead atoms. The van der Waals surface area contributed by atoms with Crippen molar-refractivity contribution in [3.63, 3.8) is 0 Å². The summed E-state index contributed by atoms with van der Waals surface area (Å²) >= 11 is 0. The third kappa shape index (κ3) is 6.73. The Morgan fingerprint density at radius 2 is 1.48 bits per heavy atom. The summed E-state index contributed by atoms with van der Waals surface area (Å²) in [5.41, 5.74) is 1.30. The topological polar surface area (TPSA) is 84.9 Å². The summed E-state index contributed by atoms with van der Waals surface area (Å²) in [6.07, 6.45) is 1.73. The predicted octanol–water partition coefficient (Wildman–Crippen LogP) is 4.52. The molecule has 0 aliphatic heterocycles. The molecule has 0 aliphatic rings. The molecule has 3 aromatic carbocycles. The molecule has 0 unspecified atom stereocenters. The van der Waals surface area contributed by atoms with E-state index in [2.05, 4.69) is 5.32 Å². The zero-order valence-corrected chi connectivity index (χ0v) is 19.7. The van der Waals surface area contributed by atoms with Crippen LogP contribution in [-0.4, -0.2) is 34.2 Å². The molecule has 8 heteroatoms. The molecule has 3 aromatic rings. The molecule has 0 fully saturated rings. The van der Waals surface area contributed by atoms with Crippen LogP contribution in [0.5, 0.6) is 17.2 Å². The molecule has 33 heavy (non-hydrogen) atoms. The van der Waals surface area contributed by atoms with E-state index in [9.17, 15) is 13.2 Å². The van der Waals surface area contributed by atoms with Crippen LogP contribution in [0.15, 0.2) is 78.9 Å². The lowest BCUT2D eigenvalue weighted by Gasteiger charge is -2.24. The van der Waals surface area contributed by atoms with Crippen LogP contribution in [0.4, 0.5) is 5.69 Å². The number of para-hydroxylation sites is 1. The summed E-state index contributed by atoms with van der Waals surface area (Å²) < 4.78 is 36.9. The SMILES string of the molecule is CC[C@H](NC(=O)CN(c1ccc(Oc2ccccc2)cc1)S(C)(=O)=O)c1ccc(OC)cc1. The van der Waals surface area contributed by atoms with E-state index in [-0.39, 0.29) is 12.6 Å². The normalized spacial score (nSPS) is 12.0. The Kier molecular flexibility index (Phi) is 7.95. The molecule has 0 saturated heterocycles. The summed E-state index contributed by atoms with van der Waals surface area (Å²) in [4.78, 5) is 12.8. The van der Waals surface area contributed by atoms with Crippen molar-refractivity contribution in [2.75, 3.05) is 24.2 Å². The van der Waals surface area contributed by atoms with Gasteiger partial charge in [-0.1, -0.05) is 37.3 Å². The number of nitrogens with one attached hydrogen (secondary N) is 1. The number of rotatable bonds is 10. The van der Waals surface area contributed by atoms with Gasteiger partial charge in [-0.05, 0) is 60.5 Å². The van der Waals surface area contributed by atoms with Crippen LogP contribution >= 0.6 is 0 Å². The fourth-order valence-corrected chi connectivity index (χ4v) is 4.19. The van der Waals surface area contributed by atoms with Gasteiger partial charge in [-0.3, -0.25) is 9.10 Å². The molecule has 0 aliphatic carbocycles. The number of hydrogen-bond donors (Lipinski definition) is 1. The molecule has 0 aromatic heterocycles. The van der Waals surface area contributed by atoms with Crippen LogP contribution in [0, 0.1) is 0 Å². The smallest absolute Gasteiger partial charge is 0.241 e. The molecular formula is C25H28N2O5S. The molecule has 0 heterocycles. The van der Waals surface area contributed by atoms with Crippen molar-refractivity contribution in [3.8, 4) is 17.2 Å².